The second kappa shape index (κ2) is 5.67. The normalized spacial score (nSPS) is 10.4. The number of methoxy groups -OCH3 is 1. The molecule has 1 aromatic carbocycles. The van der Waals surface area contributed by atoms with E-state index >= 15 is 0 Å². The van der Waals surface area contributed by atoms with E-state index in [1.54, 1.807) is 7.11 Å². The molecule has 0 aliphatic heterocycles. The summed E-state index contributed by atoms with van der Waals surface area (Å²) >= 11 is 6.58. The lowest BCUT2D eigenvalue weighted by Crippen LogP contribution is -2.21. The maximum Gasteiger partial charge on any atom is 0.267 e. The van der Waals surface area contributed by atoms with Crippen molar-refractivity contribution in [3.63, 3.8) is 0 Å². The molecule has 0 saturated heterocycles. The summed E-state index contributed by atoms with van der Waals surface area (Å²) in [5, 5.41) is 0. The Hall–Kier alpha value is -1.14. The Morgan fingerprint density at radius 3 is 2.89 bits per heavy atom. The molecule has 0 N–H and O–H groups in total. The summed E-state index contributed by atoms with van der Waals surface area (Å²) in [7, 11) is 1.61. The fourth-order valence-electron chi connectivity index (χ4n) is 1.59. The minimum atomic E-state index is -0.118. The second-order valence-corrected chi connectivity index (χ2v) is 5.40. The van der Waals surface area contributed by atoms with Crippen molar-refractivity contribution in [3.8, 4) is 5.75 Å². The molecule has 1 heterocycles. The van der Waals surface area contributed by atoms with Crippen LogP contribution < -0.4 is 10.3 Å². The van der Waals surface area contributed by atoms with E-state index in [0.717, 1.165) is 15.8 Å². The molecule has 4 nitrogen and oxygen atoms in total. The van der Waals surface area contributed by atoms with E-state index < -0.39 is 0 Å². The van der Waals surface area contributed by atoms with Gasteiger partial charge in [-0.05, 0) is 34.1 Å². The second-order valence-electron chi connectivity index (χ2n) is 3.63. The van der Waals surface area contributed by atoms with Crippen LogP contribution in [0, 0.1) is 0 Å². The average molecular weight is 374 g/mol. The maximum atomic E-state index is 11.9. The molecule has 2 rings (SSSR count). The van der Waals surface area contributed by atoms with Crippen molar-refractivity contribution in [2.45, 2.75) is 6.54 Å². The molecule has 0 fully saturated rings. The summed E-state index contributed by atoms with van der Waals surface area (Å²) < 4.78 is 8.18. The lowest BCUT2D eigenvalue weighted by Gasteiger charge is -2.10. The number of hydrogen-bond donors (Lipinski definition) is 0. The molecule has 0 aliphatic carbocycles. The first-order valence-electron chi connectivity index (χ1n) is 5.14. The predicted octanol–water partition coefficient (Wildman–Crippen LogP) is 2.83. The minimum Gasteiger partial charge on any atom is -0.496 e. The van der Waals surface area contributed by atoms with E-state index in [2.05, 4.69) is 36.8 Å². The summed E-state index contributed by atoms with van der Waals surface area (Å²) in [4.78, 5) is 15.9. The highest BCUT2D eigenvalue weighted by atomic mass is 79.9. The maximum absolute atomic E-state index is 11.9. The van der Waals surface area contributed by atoms with Crippen LogP contribution >= 0.6 is 31.9 Å². The Balaban J connectivity index is 2.42. The molecular formula is C12H10Br2N2O2. The molecule has 0 unspecified atom stereocenters. The van der Waals surface area contributed by atoms with Crippen LogP contribution in [0.25, 0.3) is 0 Å². The van der Waals surface area contributed by atoms with Gasteiger partial charge in [0.25, 0.3) is 5.56 Å². The molecule has 0 radical (unpaired) electrons. The number of rotatable bonds is 3. The van der Waals surface area contributed by atoms with Gasteiger partial charge in [-0.2, -0.15) is 0 Å². The fourth-order valence-corrected chi connectivity index (χ4v) is 2.35. The van der Waals surface area contributed by atoms with Crippen molar-refractivity contribution in [3.05, 3.63) is 55.6 Å². The van der Waals surface area contributed by atoms with Gasteiger partial charge < -0.3 is 4.74 Å². The quantitative estimate of drug-likeness (QED) is 0.830. The lowest BCUT2D eigenvalue weighted by molar-refractivity contribution is 0.408. The molecule has 0 saturated carbocycles. The molecule has 0 bridgehead atoms. The van der Waals surface area contributed by atoms with Gasteiger partial charge in [-0.1, -0.05) is 15.9 Å². The van der Waals surface area contributed by atoms with E-state index in [4.69, 9.17) is 4.74 Å². The molecule has 0 atom stereocenters. The standard InChI is InChI=1S/C12H10Br2N2O2/c1-18-11-3-2-9(13)4-8(11)6-16-7-15-5-10(14)12(16)17/h2-5,7H,6H2,1H3. The van der Waals surface area contributed by atoms with Crippen molar-refractivity contribution in [1.29, 1.82) is 0 Å². The first-order chi connectivity index (χ1) is 8.61. The van der Waals surface area contributed by atoms with Crippen LogP contribution in [-0.2, 0) is 6.54 Å². The molecule has 94 valence electrons. The van der Waals surface area contributed by atoms with E-state index in [1.165, 1.54) is 17.1 Å². The SMILES string of the molecule is COc1ccc(Br)cc1Cn1cncc(Br)c1=O. The van der Waals surface area contributed by atoms with Crippen LogP contribution in [0.2, 0.25) is 0 Å². The topological polar surface area (TPSA) is 44.1 Å². The molecule has 0 aliphatic rings. The van der Waals surface area contributed by atoms with Crippen LogP contribution in [0.15, 0.2) is 44.5 Å². The van der Waals surface area contributed by atoms with Gasteiger partial charge in [0, 0.05) is 16.2 Å². The van der Waals surface area contributed by atoms with E-state index in [0.29, 0.717) is 11.0 Å². The van der Waals surface area contributed by atoms with Gasteiger partial charge >= 0.3 is 0 Å². The first-order valence-corrected chi connectivity index (χ1v) is 6.73. The summed E-state index contributed by atoms with van der Waals surface area (Å²) in [5.41, 5.74) is 0.793. The highest BCUT2D eigenvalue weighted by Crippen LogP contribution is 2.23. The third-order valence-corrected chi connectivity index (χ3v) is 3.48. The van der Waals surface area contributed by atoms with Crippen molar-refractivity contribution < 1.29 is 4.74 Å². The Kier molecular flexibility index (Phi) is 4.19. The molecule has 18 heavy (non-hydrogen) atoms. The van der Waals surface area contributed by atoms with Gasteiger partial charge in [0.1, 0.15) is 10.2 Å². The van der Waals surface area contributed by atoms with Gasteiger partial charge in [0.15, 0.2) is 0 Å². The zero-order valence-corrected chi connectivity index (χ0v) is 12.7. The number of hydrogen-bond acceptors (Lipinski definition) is 3. The van der Waals surface area contributed by atoms with Crippen molar-refractivity contribution in [1.82, 2.24) is 9.55 Å². The van der Waals surface area contributed by atoms with Crippen LogP contribution in [0.3, 0.4) is 0 Å². The summed E-state index contributed by atoms with van der Waals surface area (Å²) in [6.07, 6.45) is 2.99. The van der Waals surface area contributed by atoms with Gasteiger partial charge in [-0.25, -0.2) is 4.98 Å². The smallest absolute Gasteiger partial charge is 0.267 e. The van der Waals surface area contributed by atoms with Crippen molar-refractivity contribution >= 4 is 31.9 Å². The van der Waals surface area contributed by atoms with Gasteiger partial charge in [0.05, 0.1) is 20.0 Å². The Morgan fingerprint density at radius 2 is 2.17 bits per heavy atom. The third kappa shape index (κ3) is 2.81. The molecular weight excluding hydrogens is 364 g/mol. The minimum absolute atomic E-state index is 0.118. The fraction of sp³-hybridized carbons (Fsp3) is 0.167. The monoisotopic (exact) mass is 372 g/mol. The predicted molar refractivity (Wildman–Crippen MR) is 76.0 cm³/mol. The van der Waals surface area contributed by atoms with Gasteiger partial charge in [-0.15, -0.1) is 0 Å². The first kappa shape index (κ1) is 13.3. The number of benzene rings is 1. The molecule has 0 amide bonds. The number of nitrogens with zero attached hydrogens (tertiary/aromatic N) is 2. The molecule has 1 aromatic heterocycles. The van der Waals surface area contributed by atoms with Crippen LogP contribution in [0.1, 0.15) is 5.56 Å². The Bertz CT molecular complexity index is 626. The highest BCUT2D eigenvalue weighted by molar-refractivity contribution is 9.10. The third-order valence-electron chi connectivity index (χ3n) is 2.44. The lowest BCUT2D eigenvalue weighted by atomic mass is 10.2. The summed E-state index contributed by atoms with van der Waals surface area (Å²) in [5.74, 6) is 0.741. The van der Waals surface area contributed by atoms with Crippen LogP contribution in [-0.4, -0.2) is 16.7 Å². The van der Waals surface area contributed by atoms with E-state index in [9.17, 15) is 4.79 Å². The summed E-state index contributed by atoms with van der Waals surface area (Å²) in [6, 6.07) is 5.67. The Morgan fingerprint density at radius 1 is 1.39 bits per heavy atom. The number of aromatic nitrogens is 2. The number of halogens is 2. The van der Waals surface area contributed by atoms with Crippen LogP contribution in [0.5, 0.6) is 5.75 Å². The summed E-state index contributed by atoms with van der Waals surface area (Å²) in [6.45, 7) is 0.411. The van der Waals surface area contributed by atoms with Crippen LogP contribution in [0.4, 0.5) is 0 Å². The van der Waals surface area contributed by atoms with Crippen molar-refractivity contribution in [2.75, 3.05) is 7.11 Å². The Labute approximate surface area is 121 Å². The zero-order valence-electron chi connectivity index (χ0n) is 9.56. The van der Waals surface area contributed by atoms with E-state index in [1.807, 2.05) is 18.2 Å². The highest BCUT2D eigenvalue weighted by Gasteiger charge is 2.07. The molecule has 2 aromatic rings. The van der Waals surface area contributed by atoms with E-state index in [-0.39, 0.29) is 5.56 Å². The largest absolute Gasteiger partial charge is 0.496 e. The van der Waals surface area contributed by atoms with Gasteiger partial charge in [0.2, 0.25) is 0 Å². The zero-order chi connectivity index (χ0) is 13.1. The number of ether oxygens (including phenoxy) is 1. The average Bonchev–Trinajstić information content (AvgIpc) is 2.35. The molecule has 0 spiro atoms. The molecule has 6 heteroatoms. The van der Waals surface area contributed by atoms with Crippen molar-refractivity contribution in [2.24, 2.45) is 0 Å². The van der Waals surface area contributed by atoms with Gasteiger partial charge in [-0.3, -0.25) is 9.36 Å².